The van der Waals surface area contributed by atoms with Gasteiger partial charge in [-0.2, -0.15) is 10.4 Å². The summed E-state index contributed by atoms with van der Waals surface area (Å²) < 4.78 is 4.51. The van der Waals surface area contributed by atoms with Crippen LogP contribution in [-0.2, 0) is 9.53 Å². The second-order valence-corrected chi connectivity index (χ2v) is 3.22. The van der Waals surface area contributed by atoms with E-state index in [9.17, 15) is 9.59 Å². The molecule has 0 atom stereocenters. The van der Waals surface area contributed by atoms with Crippen LogP contribution in [0.15, 0.2) is 35.4 Å². The molecule has 2 amide bonds. The van der Waals surface area contributed by atoms with Crippen molar-refractivity contribution in [2.45, 2.75) is 6.92 Å². The molecule has 98 valence electrons. The quantitative estimate of drug-likeness (QED) is 0.626. The number of nitrogens with zero attached hydrogens (tertiary/aromatic N) is 2. The first-order valence-electron chi connectivity index (χ1n) is 5.44. The molecule has 0 saturated carbocycles. The Hall–Kier alpha value is -2.88. The van der Waals surface area contributed by atoms with E-state index in [-0.39, 0.29) is 6.61 Å². The summed E-state index contributed by atoms with van der Waals surface area (Å²) in [6, 6.07) is 10.4. The van der Waals surface area contributed by atoms with Crippen LogP contribution in [0.4, 0.5) is 10.5 Å². The lowest BCUT2D eigenvalue weighted by Crippen LogP contribution is -2.36. The van der Waals surface area contributed by atoms with Crippen molar-refractivity contribution < 1.29 is 14.3 Å². The van der Waals surface area contributed by atoms with E-state index < -0.39 is 17.7 Å². The Morgan fingerprint density at radius 3 is 2.63 bits per heavy atom. The van der Waals surface area contributed by atoms with Crippen molar-refractivity contribution in [1.82, 2.24) is 5.32 Å². The second kappa shape index (κ2) is 7.45. The molecule has 0 aliphatic heterocycles. The van der Waals surface area contributed by atoms with E-state index in [4.69, 9.17) is 5.26 Å². The van der Waals surface area contributed by atoms with Gasteiger partial charge in [-0.25, -0.2) is 4.79 Å². The molecule has 7 heteroatoms. The summed E-state index contributed by atoms with van der Waals surface area (Å²) in [4.78, 5) is 22.5. The first kappa shape index (κ1) is 14.2. The molecular weight excluding hydrogens is 248 g/mol. The highest BCUT2D eigenvalue weighted by molar-refractivity contribution is 6.46. The number of para-hydroxylation sites is 1. The third kappa shape index (κ3) is 4.87. The lowest BCUT2D eigenvalue weighted by Gasteiger charge is -2.03. The number of imide groups is 1. The number of benzene rings is 1. The highest BCUT2D eigenvalue weighted by Crippen LogP contribution is 2.04. The normalized spacial score (nSPS) is 10.2. The molecule has 7 nitrogen and oxygen atoms in total. The van der Waals surface area contributed by atoms with E-state index in [0.717, 1.165) is 0 Å². The molecular formula is C12H12N4O3. The van der Waals surface area contributed by atoms with Gasteiger partial charge < -0.3 is 4.74 Å². The molecule has 19 heavy (non-hydrogen) atoms. The maximum absolute atomic E-state index is 11.5. The summed E-state index contributed by atoms with van der Waals surface area (Å²) in [6.07, 6.45) is -0.921. The smallest absolute Gasteiger partial charge is 0.414 e. The molecule has 2 N–H and O–H groups in total. The standard InChI is InChI=1S/C12H12N4O3/c1-2-19-12(18)14-11(17)10(8-13)16-15-9-6-4-3-5-7-9/h3-7,15H,2H2,1H3,(H,14,17,18). The Labute approximate surface area is 109 Å². The largest absolute Gasteiger partial charge is 0.450 e. The highest BCUT2D eigenvalue weighted by atomic mass is 16.5. The number of nitriles is 1. The minimum Gasteiger partial charge on any atom is -0.450 e. The van der Waals surface area contributed by atoms with Gasteiger partial charge in [-0.3, -0.25) is 15.5 Å². The van der Waals surface area contributed by atoms with Crippen LogP contribution in [0.3, 0.4) is 0 Å². The average molecular weight is 260 g/mol. The van der Waals surface area contributed by atoms with Gasteiger partial charge in [0, 0.05) is 0 Å². The fourth-order valence-electron chi connectivity index (χ4n) is 1.08. The average Bonchev–Trinajstić information content (AvgIpc) is 2.40. The molecule has 0 bridgehead atoms. The van der Waals surface area contributed by atoms with Crippen molar-refractivity contribution >= 4 is 23.4 Å². The maximum Gasteiger partial charge on any atom is 0.414 e. The first-order valence-corrected chi connectivity index (χ1v) is 5.44. The third-order valence-corrected chi connectivity index (χ3v) is 1.88. The first-order chi connectivity index (χ1) is 9.17. The number of amides is 2. The highest BCUT2D eigenvalue weighted by Gasteiger charge is 2.15. The summed E-state index contributed by atoms with van der Waals surface area (Å²) in [5.41, 5.74) is 2.67. The molecule has 1 rings (SSSR count). The number of ether oxygens (including phenoxy) is 1. The SMILES string of the molecule is CCOC(=O)NC(=O)C(C#N)=NNc1ccccc1. The molecule has 0 spiro atoms. The van der Waals surface area contributed by atoms with Gasteiger partial charge in [0.2, 0.25) is 5.71 Å². The molecule has 0 saturated heterocycles. The van der Waals surface area contributed by atoms with Crippen LogP contribution in [0.25, 0.3) is 0 Å². The number of carbonyl (C=O) groups excluding carboxylic acids is 2. The Morgan fingerprint density at radius 2 is 2.05 bits per heavy atom. The Balaban J connectivity index is 2.65. The van der Waals surface area contributed by atoms with Crippen molar-refractivity contribution in [2.24, 2.45) is 5.10 Å². The van der Waals surface area contributed by atoms with Gasteiger partial charge in [-0.15, -0.1) is 0 Å². The van der Waals surface area contributed by atoms with E-state index >= 15 is 0 Å². The summed E-state index contributed by atoms with van der Waals surface area (Å²) in [7, 11) is 0. The molecule has 0 fully saturated rings. The zero-order valence-electron chi connectivity index (χ0n) is 10.2. The van der Waals surface area contributed by atoms with Gasteiger partial charge >= 0.3 is 6.09 Å². The maximum atomic E-state index is 11.5. The topological polar surface area (TPSA) is 104 Å². The van der Waals surface area contributed by atoms with Gasteiger partial charge in [0.15, 0.2) is 0 Å². The second-order valence-electron chi connectivity index (χ2n) is 3.22. The lowest BCUT2D eigenvalue weighted by atomic mass is 10.3. The van der Waals surface area contributed by atoms with Crippen LogP contribution in [0.1, 0.15) is 6.92 Å². The Kier molecular flexibility index (Phi) is 5.56. The van der Waals surface area contributed by atoms with Crippen molar-refractivity contribution in [3.63, 3.8) is 0 Å². The number of alkyl carbamates (subject to hydrolysis) is 1. The van der Waals surface area contributed by atoms with E-state index in [1.54, 1.807) is 37.3 Å². The summed E-state index contributed by atoms with van der Waals surface area (Å²) in [5.74, 6) is -0.926. The van der Waals surface area contributed by atoms with Crippen LogP contribution in [0.5, 0.6) is 0 Å². The Morgan fingerprint density at radius 1 is 1.37 bits per heavy atom. The van der Waals surface area contributed by atoms with E-state index in [0.29, 0.717) is 5.69 Å². The van der Waals surface area contributed by atoms with Gasteiger partial charge in [0.05, 0.1) is 12.3 Å². The number of hydrogen-bond donors (Lipinski definition) is 2. The fourth-order valence-corrected chi connectivity index (χ4v) is 1.08. The van der Waals surface area contributed by atoms with Crippen molar-refractivity contribution in [2.75, 3.05) is 12.0 Å². The summed E-state index contributed by atoms with van der Waals surface area (Å²) in [6.45, 7) is 1.72. The minimum absolute atomic E-state index is 0.125. The number of hydrogen-bond acceptors (Lipinski definition) is 6. The Bertz CT molecular complexity index is 520. The molecule has 1 aromatic carbocycles. The summed E-state index contributed by atoms with van der Waals surface area (Å²) in [5, 5.41) is 14.3. The van der Waals surface area contributed by atoms with E-state index in [1.807, 2.05) is 11.4 Å². The van der Waals surface area contributed by atoms with Crippen molar-refractivity contribution in [1.29, 1.82) is 5.26 Å². The minimum atomic E-state index is -0.926. The van der Waals surface area contributed by atoms with E-state index in [1.165, 1.54) is 0 Å². The zero-order chi connectivity index (χ0) is 14.1. The van der Waals surface area contributed by atoms with Gasteiger partial charge in [0.1, 0.15) is 6.07 Å². The third-order valence-electron chi connectivity index (χ3n) is 1.88. The molecule has 0 unspecified atom stereocenters. The number of hydrazone groups is 1. The molecule has 1 aromatic rings. The van der Waals surface area contributed by atoms with Crippen LogP contribution in [0, 0.1) is 11.3 Å². The molecule has 0 aromatic heterocycles. The van der Waals surface area contributed by atoms with Crippen LogP contribution < -0.4 is 10.7 Å². The van der Waals surface area contributed by atoms with Crippen molar-refractivity contribution in [3.05, 3.63) is 30.3 Å². The van der Waals surface area contributed by atoms with Crippen LogP contribution >= 0.6 is 0 Å². The van der Waals surface area contributed by atoms with Gasteiger partial charge in [-0.05, 0) is 19.1 Å². The molecule has 0 aliphatic carbocycles. The van der Waals surface area contributed by atoms with Crippen LogP contribution in [0.2, 0.25) is 0 Å². The zero-order valence-corrected chi connectivity index (χ0v) is 10.2. The van der Waals surface area contributed by atoms with E-state index in [2.05, 4.69) is 15.3 Å². The van der Waals surface area contributed by atoms with Gasteiger partial charge in [-0.1, -0.05) is 18.2 Å². The number of anilines is 1. The molecule has 0 radical (unpaired) electrons. The number of carbonyl (C=O) groups is 2. The monoisotopic (exact) mass is 260 g/mol. The van der Waals surface area contributed by atoms with Crippen LogP contribution in [-0.4, -0.2) is 24.3 Å². The predicted octanol–water partition coefficient (Wildman–Crippen LogP) is 1.25. The fraction of sp³-hybridized carbons (Fsp3) is 0.167. The molecule has 0 aliphatic rings. The predicted molar refractivity (Wildman–Crippen MR) is 68.3 cm³/mol. The number of nitrogens with one attached hydrogen (secondary N) is 2. The van der Waals surface area contributed by atoms with Gasteiger partial charge in [0.25, 0.3) is 5.91 Å². The summed E-state index contributed by atoms with van der Waals surface area (Å²) >= 11 is 0. The van der Waals surface area contributed by atoms with Crippen molar-refractivity contribution in [3.8, 4) is 6.07 Å². The molecule has 0 heterocycles. The lowest BCUT2D eigenvalue weighted by molar-refractivity contribution is -0.114. The number of rotatable bonds is 4.